The van der Waals surface area contributed by atoms with Gasteiger partial charge in [0.1, 0.15) is 0 Å². The molecule has 2 unspecified atom stereocenters. The summed E-state index contributed by atoms with van der Waals surface area (Å²) in [5, 5.41) is 0.0576. The first-order valence-electron chi connectivity index (χ1n) is 5.15. The Hall–Kier alpha value is 0.200. The predicted molar refractivity (Wildman–Crippen MR) is 56.9 cm³/mol. The number of rotatable bonds is 2. The maximum atomic E-state index is 11.9. The normalized spacial score (nSPS) is 35.9. The molecule has 82 valence electrons. The van der Waals surface area contributed by atoms with Crippen LogP contribution in [-0.4, -0.2) is 36.4 Å². The van der Waals surface area contributed by atoms with Crippen molar-refractivity contribution in [3.63, 3.8) is 0 Å². The summed E-state index contributed by atoms with van der Waals surface area (Å²) in [5.74, 6) is 0.277. The highest BCUT2D eigenvalue weighted by molar-refractivity contribution is 7.90. The zero-order valence-corrected chi connectivity index (χ0v) is 9.89. The quantitative estimate of drug-likeness (QED) is 0.682. The van der Waals surface area contributed by atoms with Crippen molar-refractivity contribution in [1.29, 1.82) is 0 Å². The molecule has 1 aliphatic heterocycles. The van der Waals surface area contributed by atoms with Crippen LogP contribution in [0.4, 0.5) is 0 Å². The molecule has 0 N–H and O–H groups in total. The average molecular weight is 238 g/mol. The first kappa shape index (κ1) is 10.7. The van der Waals surface area contributed by atoms with E-state index in [2.05, 4.69) is 0 Å². The molecule has 0 aromatic rings. The fourth-order valence-electron chi connectivity index (χ4n) is 1.89. The molecule has 2 aliphatic rings. The number of hydrogen-bond donors (Lipinski definition) is 0. The van der Waals surface area contributed by atoms with Crippen LogP contribution in [0.5, 0.6) is 0 Å². The predicted octanol–water partition coefficient (Wildman–Crippen LogP) is 1.43. The van der Waals surface area contributed by atoms with Crippen LogP contribution in [0.15, 0.2) is 0 Å². The van der Waals surface area contributed by atoms with Crippen molar-refractivity contribution in [2.45, 2.75) is 36.8 Å². The van der Waals surface area contributed by atoms with Crippen LogP contribution in [0.2, 0.25) is 0 Å². The fraction of sp³-hybridized carbons (Fsp3) is 1.00. The summed E-state index contributed by atoms with van der Waals surface area (Å²) in [5.41, 5.74) is 0. The monoisotopic (exact) mass is 237 g/mol. The van der Waals surface area contributed by atoms with Crippen molar-refractivity contribution >= 4 is 21.6 Å². The zero-order valence-electron chi connectivity index (χ0n) is 8.32. The van der Waals surface area contributed by atoms with Gasteiger partial charge in [0.15, 0.2) is 0 Å². The molecule has 2 fully saturated rings. The second kappa shape index (κ2) is 3.65. The summed E-state index contributed by atoms with van der Waals surface area (Å²) in [6.07, 6.45) is 2.48. The Morgan fingerprint density at radius 3 is 2.43 bits per heavy atom. The van der Waals surface area contributed by atoms with Gasteiger partial charge in [0.25, 0.3) is 0 Å². The highest BCUT2D eigenvalue weighted by Crippen LogP contribution is 2.33. The van der Waals surface area contributed by atoms with Gasteiger partial charge in [-0.1, -0.05) is 6.92 Å². The van der Waals surface area contributed by atoms with E-state index in [0.717, 1.165) is 19.3 Å². The lowest BCUT2D eigenvalue weighted by atomic mass is 10.0. The van der Waals surface area contributed by atoms with Crippen LogP contribution in [0.25, 0.3) is 0 Å². The lowest BCUT2D eigenvalue weighted by Crippen LogP contribution is -2.44. The van der Waals surface area contributed by atoms with Crippen molar-refractivity contribution in [1.82, 2.24) is 4.31 Å². The van der Waals surface area contributed by atoms with Gasteiger partial charge in [0, 0.05) is 18.5 Å². The molecule has 3 nitrogen and oxygen atoms in total. The number of sulfonamides is 1. The minimum atomic E-state index is -2.97. The van der Waals surface area contributed by atoms with E-state index in [4.69, 9.17) is 11.6 Å². The molecule has 0 radical (unpaired) electrons. The molecule has 2 rings (SSSR count). The fourth-order valence-corrected chi connectivity index (χ4v) is 4.02. The zero-order chi connectivity index (χ0) is 10.3. The minimum Gasteiger partial charge on any atom is -0.212 e. The summed E-state index contributed by atoms with van der Waals surface area (Å²) in [6.45, 7) is 3.23. The van der Waals surface area contributed by atoms with Gasteiger partial charge >= 0.3 is 0 Å². The molecule has 14 heavy (non-hydrogen) atoms. The number of hydrogen-bond acceptors (Lipinski definition) is 2. The van der Waals surface area contributed by atoms with Crippen molar-refractivity contribution in [2.75, 3.05) is 13.1 Å². The molecule has 0 aromatic carbocycles. The van der Waals surface area contributed by atoms with Gasteiger partial charge in [0.2, 0.25) is 10.0 Å². The highest BCUT2D eigenvalue weighted by Gasteiger charge is 2.42. The Bertz CT molecular complexity index is 313. The molecule has 0 aromatic heterocycles. The summed E-state index contributed by atoms with van der Waals surface area (Å²) < 4.78 is 25.4. The maximum Gasteiger partial charge on any atom is 0.216 e. The number of piperidine rings is 1. The molecule has 0 bridgehead atoms. The molecule has 1 aliphatic carbocycles. The van der Waals surface area contributed by atoms with Crippen molar-refractivity contribution in [3.05, 3.63) is 0 Å². The highest BCUT2D eigenvalue weighted by atomic mass is 35.5. The molecule has 5 heteroatoms. The van der Waals surface area contributed by atoms with Crippen LogP contribution < -0.4 is 0 Å². The number of alkyl halides is 1. The molecular weight excluding hydrogens is 222 g/mol. The average Bonchev–Trinajstić information content (AvgIpc) is 2.92. The number of halogens is 1. The first-order chi connectivity index (χ1) is 6.51. The second-order valence-corrected chi connectivity index (χ2v) is 7.16. The summed E-state index contributed by atoms with van der Waals surface area (Å²) in [7, 11) is -2.97. The van der Waals surface area contributed by atoms with E-state index in [0.29, 0.717) is 13.1 Å². The Kier molecular flexibility index (Phi) is 2.79. The van der Waals surface area contributed by atoms with Gasteiger partial charge in [-0.25, -0.2) is 12.7 Å². The van der Waals surface area contributed by atoms with Gasteiger partial charge in [-0.05, 0) is 25.2 Å². The van der Waals surface area contributed by atoms with Gasteiger partial charge in [-0.2, -0.15) is 0 Å². The molecule has 0 spiro atoms. The van der Waals surface area contributed by atoms with Crippen molar-refractivity contribution in [3.8, 4) is 0 Å². The Morgan fingerprint density at radius 1 is 1.29 bits per heavy atom. The third kappa shape index (κ3) is 1.92. The van der Waals surface area contributed by atoms with Gasteiger partial charge in [-0.3, -0.25) is 0 Å². The molecule has 1 saturated heterocycles. The van der Waals surface area contributed by atoms with E-state index in [1.165, 1.54) is 0 Å². The van der Waals surface area contributed by atoms with E-state index in [1.807, 2.05) is 6.92 Å². The Morgan fingerprint density at radius 2 is 1.93 bits per heavy atom. The molecule has 1 heterocycles. The van der Waals surface area contributed by atoms with Gasteiger partial charge in [-0.15, -0.1) is 11.6 Å². The SMILES string of the molecule is CC1CN(S(=O)(=O)C2CC2)CCC1Cl. The molecule has 1 saturated carbocycles. The molecule has 0 amide bonds. The topological polar surface area (TPSA) is 37.4 Å². The third-order valence-electron chi connectivity index (χ3n) is 3.07. The third-order valence-corrected chi connectivity index (χ3v) is 6.08. The summed E-state index contributed by atoms with van der Waals surface area (Å²) >= 11 is 6.06. The minimum absolute atomic E-state index is 0.0819. The largest absolute Gasteiger partial charge is 0.216 e. The van der Waals surface area contributed by atoms with E-state index in [1.54, 1.807) is 4.31 Å². The Labute approximate surface area is 90.5 Å². The van der Waals surface area contributed by atoms with E-state index in [9.17, 15) is 8.42 Å². The molecular formula is C9H16ClNO2S. The standard InChI is InChI=1S/C9H16ClNO2S/c1-7-6-11(5-4-9(7)10)14(12,13)8-2-3-8/h7-9H,2-6H2,1H3. The van der Waals surface area contributed by atoms with E-state index < -0.39 is 10.0 Å². The van der Waals surface area contributed by atoms with Crippen LogP contribution in [0, 0.1) is 5.92 Å². The second-order valence-electron chi connectivity index (χ2n) is 4.38. The van der Waals surface area contributed by atoms with E-state index >= 15 is 0 Å². The number of nitrogens with zero attached hydrogens (tertiary/aromatic N) is 1. The summed E-state index contributed by atoms with van der Waals surface area (Å²) in [6, 6.07) is 0. The van der Waals surface area contributed by atoms with Crippen molar-refractivity contribution in [2.24, 2.45) is 5.92 Å². The maximum absolute atomic E-state index is 11.9. The van der Waals surface area contributed by atoms with Crippen LogP contribution in [-0.2, 0) is 10.0 Å². The smallest absolute Gasteiger partial charge is 0.212 e. The molecule has 2 atom stereocenters. The van der Waals surface area contributed by atoms with Crippen LogP contribution in [0.3, 0.4) is 0 Å². The summed E-state index contributed by atoms with van der Waals surface area (Å²) in [4.78, 5) is 0. The lowest BCUT2D eigenvalue weighted by Gasteiger charge is -2.33. The van der Waals surface area contributed by atoms with E-state index in [-0.39, 0.29) is 16.5 Å². The van der Waals surface area contributed by atoms with Gasteiger partial charge in [0.05, 0.1) is 5.25 Å². The van der Waals surface area contributed by atoms with Gasteiger partial charge < -0.3 is 0 Å². The van der Waals surface area contributed by atoms with Crippen LogP contribution >= 0.6 is 11.6 Å². The first-order valence-corrected chi connectivity index (χ1v) is 7.09. The Balaban J connectivity index is 2.05. The lowest BCUT2D eigenvalue weighted by molar-refractivity contribution is 0.285. The van der Waals surface area contributed by atoms with Crippen LogP contribution in [0.1, 0.15) is 26.2 Å². The van der Waals surface area contributed by atoms with Crippen molar-refractivity contribution < 1.29 is 8.42 Å².